The van der Waals surface area contributed by atoms with Crippen LogP contribution in [0.25, 0.3) is 0 Å². The third kappa shape index (κ3) is 2.22. The number of hydrogen-bond acceptors (Lipinski definition) is 6. The highest BCUT2D eigenvalue weighted by atomic mass is 32.5. The maximum atomic E-state index is 6.22. The SMILES string of the molecule is C[P@@]1(=S)OC[C@H]2O[C@@H]3OC4(CCCCC4)O[C@@H]3[C@H]2O1. The van der Waals surface area contributed by atoms with Gasteiger partial charge in [0.1, 0.15) is 18.3 Å². The van der Waals surface area contributed by atoms with E-state index in [1.54, 1.807) is 0 Å². The molecule has 1 spiro atoms. The smallest absolute Gasteiger partial charge is 0.190 e. The monoisotopic (exact) mass is 306 g/mol. The van der Waals surface area contributed by atoms with E-state index in [0.717, 1.165) is 25.7 Å². The summed E-state index contributed by atoms with van der Waals surface area (Å²) in [4.78, 5) is 0. The van der Waals surface area contributed by atoms with Crippen LogP contribution in [0.1, 0.15) is 32.1 Å². The van der Waals surface area contributed by atoms with Crippen LogP contribution in [-0.2, 0) is 35.1 Å². The summed E-state index contributed by atoms with van der Waals surface area (Å²) in [6.07, 6.45) is 4.79. The fraction of sp³-hybridized carbons (Fsp3) is 1.00. The summed E-state index contributed by atoms with van der Waals surface area (Å²) in [7, 11) is 0. The summed E-state index contributed by atoms with van der Waals surface area (Å²) in [5.74, 6) is -0.434. The van der Waals surface area contributed by atoms with Gasteiger partial charge >= 0.3 is 0 Å². The van der Waals surface area contributed by atoms with E-state index in [1.807, 2.05) is 6.66 Å². The van der Waals surface area contributed by atoms with Crippen LogP contribution in [-0.4, -0.2) is 43.7 Å². The van der Waals surface area contributed by atoms with Gasteiger partial charge in [-0.15, -0.1) is 0 Å². The molecule has 0 aromatic rings. The van der Waals surface area contributed by atoms with Crippen LogP contribution in [0.5, 0.6) is 0 Å². The molecule has 4 aliphatic rings. The molecule has 0 N–H and O–H groups in total. The molecule has 3 saturated heterocycles. The van der Waals surface area contributed by atoms with Crippen LogP contribution in [0.15, 0.2) is 0 Å². The van der Waals surface area contributed by atoms with Gasteiger partial charge < -0.3 is 23.3 Å². The Morgan fingerprint density at radius 3 is 2.68 bits per heavy atom. The lowest BCUT2D eigenvalue weighted by atomic mass is 9.94. The highest BCUT2D eigenvalue weighted by Crippen LogP contribution is 2.55. The van der Waals surface area contributed by atoms with Crippen LogP contribution >= 0.6 is 6.49 Å². The molecule has 4 rings (SSSR count). The van der Waals surface area contributed by atoms with Crippen molar-refractivity contribution in [3.8, 4) is 0 Å². The summed E-state index contributed by atoms with van der Waals surface area (Å²) in [6.45, 7) is 0.211. The Balaban J connectivity index is 1.53. The van der Waals surface area contributed by atoms with Crippen molar-refractivity contribution in [3.05, 3.63) is 0 Å². The molecule has 5 nitrogen and oxygen atoms in total. The molecular weight excluding hydrogens is 287 g/mol. The Bertz CT molecular complexity index is 424. The highest BCUT2D eigenvalue weighted by molar-refractivity contribution is 8.09. The molecular formula is C12H19O5PS. The fourth-order valence-electron chi connectivity index (χ4n) is 3.45. The molecule has 0 radical (unpaired) electrons. The average molecular weight is 306 g/mol. The molecule has 7 heteroatoms. The zero-order valence-electron chi connectivity index (χ0n) is 10.9. The van der Waals surface area contributed by atoms with Crippen molar-refractivity contribution in [2.75, 3.05) is 13.3 Å². The lowest BCUT2D eigenvalue weighted by Gasteiger charge is -2.37. The zero-order chi connectivity index (χ0) is 13.1. The summed E-state index contributed by atoms with van der Waals surface area (Å²) in [5, 5.41) is 0. The van der Waals surface area contributed by atoms with Crippen molar-refractivity contribution in [2.24, 2.45) is 0 Å². The summed E-state index contributed by atoms with van der Waals surface area (Å²) in [5.41, 5.74) is 0. The number of ether oxygens (including phenoxy) is 3. The summed E-state index contributed by atoms with van der Waals surface area (Å²) in [6, 6.07) is 0. The van der Waals surface area contributed by atoms with Gasteiger partial charge in [-0.05, 0) is 24.6 Å². The standard InChI is InChI=1S/C12H19O5PS/c1-18(19)13-7-8-9(17-18)10-11(14-8)16-12(15-10)5-3-2-4-6-12/h8-11H,2-7H2,1H3/t8-,9+,10-,11-,18-/m1/s1. The minimum Gasteiger partial charge on any atom is -0.341 e. The van der Waals surface area contributed by atoms with Gasteiger partial charge in [0.05, 0.1) is 6.61 Å². The highest BCUT2D eigenvalue weighted by Gasteiger charge is 2.60. The van der Waals surface area contributed by atoms with Crippen molar-refractivity contribution in [1.29, 1.82) is 0 Å². The normalized spacial score (nSPS) is 52.1. The van der Waals surface area contributed by atoms with Crippen LogP contribution in [0.4, 0.5) is 0 Å². The molecule has 108 valence electrons. The van der Waals surface area contributed by atoms with E-state index in [-0.39, 0.29) is 24.6 Å². The van der Waals surface area contributed by atoms with Crippen LogP contribution < -0.4 is 0 Å². The topological polar surface area (TPSA) is 46.2 Å². The van der Waals surface area contributed by atoms with Crippen LogP contribution in [0.2, 0.25) is 0 Å². The zero-order valence-corrected chi connectivity index (χ0v) is 12.7. The first-order valence-corrected chi connectivity index (χ1v) is 10.1. The van der Waals surface area contributed by atoms with E-state index >= 15 is 0 Å². The van der Waals surface area contributed by atoms with Crippen molar-refractivity contribution in [1.82, 2.24) is 0 Å². The first-order valence-electron chi connectivity index (χ1n) is 6.99. The van der Waals surface area contributed by atoms with Gasteiger partial charge in [0.15, 0.2) is 18.6 Å². The van der Waals surface area contributed by atoms with E-state index in [1.165, 1.54) is 6.42 Å². The quantitative estimate of drug-likeness (QED) is 0.639. The number of rotatable bonds is 0. The average Bonchev–Trinajstić information content (AvgIpc) is 2.84. The molecule has 1 saturated carbocycles. The second-order valence-corrected chi connectivity index (χ2v) is 9.85. The van der Waals surface area contributed by atoms with Gasteiger partial charge in [-0.3, -0.25) is 0 Å². The van der Waals surface area contributed by atoms with Gasteiger partial charge in [-0.2, -0.15) is 0 Å². The molecule has 0 bridgehead atoms. The lowest BCUT2D eigenvalue weighted by Crippen LogP contribution is -2.42. The van der Waals surface area contributed by atoms with Crippen LogP contribution in [0, 0.1) is 0 Å². The van der Waals surface area contributed by atoms with Crippen molar-refractivity contribution in [3.63, 3.8) is 0 Å². The minimum absolute atomic E-state index is 0.105. The molecule has 0 unspecified atom stereocenters. The van der Waals surface area contributed by atoms with Crippen molar-refractivity contribution < 1.29 is 23.3 Å². The van der Waals surface area contributed by atoms with Gasteiger partial charge in [0.2, 0.25) is 0 Å². The molecule has 4 fully saturated rings. The largest absolute Gasteiger partial charge is 0.341 e. The van der Waals surface area contributed by atoms with Crippen molar-refractivity contribution in [2.45, 2.75) is 62.5 Å². The molecule has 0 amide bonds. The Kier molecular flexibility index (Phi) is 3.09. The number of hydrogen-bond donors (Lipinski definition) is 0. The third-order valence-corrected chi connectivity index (χ3v) is 6.17. The summed E-state index contributed by atoms with van der Waals surface area (Å²) >= 11 is 5.34. The first-order chi connectivity index (χ1) is 9.07. The van der Waals surface area contributed by atoms with E-state index in [0.29, 0.717) is 6.61 Å². The van der Waals surface area contributed by atoms with E-state index in [2.05, 4.69) is 0 Å². The van der Waals surface area contributed by atoms with E-state index in [4.69, 9.17) is 35.1 Å². The van der Waals surface area contributed by atoms with Gasteiger partial charge in [0.25, 0.3) is 0 Å². The Morgan fingerprint density at radius 2 is 1.89 bits per heavy atom. The van der Waals surface area contributed by atoms with Gasteiger partial charge in [-0.1, -0.05) is 6.42 Å². The fourth-order valence-corrected chi connectivity index (χ4v) is 5.10. The maximum absolute atomic E-state index is 6.22. The van der Waals surface area contributed by atoms with E-state index < -0.39 is 12.3 Å². The Labute approximate surface area is 118 Å². The van der Waals surface area contributed by atoms with E-state index in [9.17, 15) is 0 Å². The molecule has 1 aliphatic carbocycles. The number of fused-ring (bicyclic) bond motifs is 3. The first kappa shape index (κ1) is 13.1. The second-order valence-electron chi connectivity index (χ2n) is 5.85. The lowest BCUT2D eigenvalue weighted by molar-refractivity contribution is -0.248. The van der Waals surface area contributed by atoms with Crippen LogP contribution in [0.3, 0.4) is 0 Å². The summed E-state index contributed by atoms with van der Waals surface area (Å²) < 4.78 is 29.6. The second kappa shape index (κ2) is 4.47. The maximum Gasteiger partial charge on any atom is 0.190 e. The predicted octanol–water partition coefficient (Wildman–Crippen LogP) is 2.14. The molecule has 0 aromatic heterocycles. The Morgan fingerprint density at radius 1 is 1.11 bits per heavy atom. The van der Waals surface area contributed by atoms with Gasteiger partial charge in [0, 0.05) is 19.5 Å². The predicted molar refractivity (Wildman–Crippen MR) is 71.5 cm³/mol. The molecule has 3 heterocycles. The van der Waals surface area contributed by atoms with Crippen molar-refractivity contribution >= 4 is 18.3 Å². The molecule has 0 aromatic carbocycles. The minimum atomic E-state index is -2.14. The molecule has 3 aliphatic heterocycles. The molecule has 19 heavy (non-hydrogen) atoms. The van der Waals surface area contributed by atoms with Gasteiger partial charge in [-0.25, -0.2) is 0 Å². The molecule has 5 atom stereocenters. The third-order valence-electron chi connectivity index (χ3n) is 4.35. The Hall–Kier alpha value is 0.450.